The molecular formula is C19H22BNO3. The zero-order valence-corrected chi connectivity index (χ0v) is 14.5. The Kier molecular flexibility index (Phi) is 4.24. The lowest BCUT2D eigenvalue weighted by Gasteiger charge is -2.32. The molecule has 5 heteroatoms. The molecule has 1 aliphatic rings. The number of rotatable bonds is 3. The fraction of sp³-hybridized carbons (Fsp3) is 0.316. The number of phenols is 1. The van der Waals surface area contributed by atoms with Gasteiger partial charge in [-0.3, -0.25) is 4.99 Å². The van der Waals surface area contributed by atoms with Gasteiger partial charge in [0.1, 0.15) is 11.4 Å². The number of phenolic OH excluding ortho intramolecular Hbond substituents is 1. The van der Waals surface area contributed by atoms with Gasteiger partial charge in [-0.25, -0.2) is 0 Å². The van der Waals surface area contributed by atoms with E-state index in [0.717, 1.165) is 11.0 Å². The molecule has 0 saturated carbocycles. The Hall–Kier alpha value is -2.11. The third-order valence-electron chi connectivity index (χ3n) is 4.73. The van der Waals surface area contributed by atoms with Crippen molar-refractivity contribution in [1.82, 2.24) is 0 Å². The minimum Gasteiger partial charge on any atom is -0.506 e. The lowest BCUT2D eigenvalue weighted by Crippen LogP contribution is -2.41. The molecule has 4 nitrogen and oxygen atoms in total. The highest BCUT2D eigenvalue weighted by Gasteiger charge is 2.52. The maximum absolute atomic E-state index is 9.84. The van der Waals surface area contributed by atoms with Crippen LogP contribution in [0.3, 0.4) is 0 Å². The van der Waals surface area contributed by atoms with Gasteiger partial charge in [-0.05, 0) is 50.9 Å². The van der Waals surface area contributed by atoms with Gasteiger partial charge in [0.25, 0.3) is 0 Å². The van der Waals surface area contributed by atoms with Gasteiger partial charge in [-0.1, -0.05) is 36.4 Å². The van der Waals surface area contributed by atoms with E-state index in [1.807, 2.05) is 58.0 Å². The smallest absolute Gasteiger partial charge is 0.495 e. The molecule has 0 unspecified atom stereocenters. The van der Waals surface area contributed by atoms with E-state index in [4.69, 9.17) is 9.31 Å². The largest absolute Gasteiger partial charge is 0.506 e. The Balaban J connectivity index is 1.91. The van der Waals surface area contributed by atoms with Gasteiger partial charge in [0.2, 0.25) is 0 Å². The normalized spacial score (nSPS) is 19.1. The van der Waals surface area contributed by atoms with Crippen LogP contribution in [0.1, 0.15) is 33.3 Å². The van der Waals surface area contributed by atoms with Crippen molar-refractivity contribution in [3.05, 3.63) is 54.1 Å². The van der Waals surface area contributed by atoms with Crippen molar-refractivity contribution in [2.24, 2.45) is 4.99 Å². The molecule has 3 rings (SSSR count). The molecule has 1 N–H and O–H groups in total. The average Bonchev–Trinajstić information content (AvgIpc) is 2.75. The van der Waals surface area contributed by atoms with Crippen LogP contribution in [-0.2, 0) is 9.31 Å². The summed E-state index contributed by atoms with van der Waals surface area (Å²) in [7, 11) is -0.443. The monoisotopic (exact) mass is 323 g/mol. The Morgan fingerprint density at radius 3 is 2.17 bits per heavy atom. The lowest BCUT2D eigenvalue weighted by atomic mass is 9.76. The van der Waals surface area contributed by atoms with Crippen LogP contribution in [-0.4, -0.2) is 29.6 Å². The first kappa shape index (κ1) is 16.7. The summed E-state index contributed by atoms with van der Waals surface area (Å²) in [6, 6.07) is 14.8. The number of aromatic hydroxyl groups is 1. The third kappa shape index (κ3) is 3.10. The second-order valence-corrected chi connectivity index (χ2v) is 6.96. The van der Waals surface area contributed by atoms with Crippen LogP contribution in [0.25, 0.3) is 0 Å². The summed E-state index contributed by atoms with van der Waals surface area (Å²) >= 11 is 0. The van der Waals surface area contributed by atoms with Crippen LogP contribution in [0.5, 0.6) is 5.75 Å². The molecule has 0 amide bonds. The van der Waals surface area contributed by atoms with Gasteiger partial charge >= 0.3 is 7.12 Å². The predicted octanol–water partition coefficient (Wildman–Crippen LogP) is 3.44. The number of nitrogens with zero attached hydrogens (tertiary/aromatic N) is 1. The molecule has 0 aromatic heterocycles. The highest BCUT2D eigenvalue weighted by atomic mass is 16.7. The summed E-state index contributed by atoms with van der Waals surface area (Å²) in [6.45, 7) is 8.13. The molecule has 24 heavy (non-hydrogen) atoms. The average molecular weight is 323 g/mol. The van der Waals surface area contributed by atoms with E-state index < -0.39 is 7.12 Å². The van der Waals surface area contributed by atoms with Gasteiger partial charge in [0.05, 0.1) is 11.2 Å². The molecule has 1 aliphatic heterocycles. The predicted molar refractivity (Wildman–Crippen MR) is 97.5 cm³/mol. The fourth-order valence-corrected chi connectivity index (χ4v) is 2.53. The lowest BCUT2D eigenvalue weighted by molar-refractivity contribution is 0.00578. The Morgan fingerprint density at radius 2 is 1.50 bits per heavy atom. The number of hydrogen-bond acceptors (Lipinski definition) is 4. The van der Waals surface area contributed by atoms with Crippen LogP contribution in [0, 0.1) is 0 Å². The Bertz CT molecular complexity index is 755. The topological polar surface area (TPSA) is 51.0 Å². The second-order valence-electron chi connectivity index (χ2n) is 6.96. The first-order valence-electron chi connectivity index (χ1n) is 8.07. The van der Waals surface area contributed by atoms with Crippen molar-refractivity contribution < 1.29 is 14.4 Å². The number of benzene rings is 2. The van der Waals surface area contributed by atoms with Gasteiger partial charge in [-0.15, -0.1) is 0 Å². The van der Waals surface area contributed by atoms with Crippen molar-refractivity contribution in [3.63, 3.8) is 0 Å². The molecule has 124 valence electrons. The molecule has 0 spiro atoms. The molecule has 2 aromatic rings. The van der Waals surface area contributed by atoms with E-state index in [9.17, 15) is 5.11 Å². The zero-order valence-electron chi connectivity index (χ0n) is 14.5. The minimum atomic E-state index is -0.443. The van der Waals surface area contributed by atoms with Crippen LogP contribution in [0.4, 0.5) is 5.69 Å². The highest BCUT2D eigenvalue weighted by molar-refractivity contribution is 6.63. The first-order chi connectivity index (χ1) is 11.3. The molecule has 0 radical (unpaired) electrons. The van der Waals surface area contributed by atoms with Gasteiger partial charge in [0, 0.05) is 6.21 Å². The van der Waals surface area contributed by atoms with Gasteiger partial charge < -0.3 is 14.4 Å². The third-order valence-corrected chi connectivity index (χ3v) is 4.73. The highest BCUT2D eigenvalue weighted by Crippen LogP contribution is 2.36. The van der Waals surface area contributed by atoms with Crippen LogP contribution >= 0.6 is 0 Å². The summed E-state index contributed by atoms with van der Waals surface area (Å²) in [4.78, 5) is 4.39. The van der Waals surface area contributed by atoms with Crippen molar-refractivity contribution >= 4 is 24.5 Å². The molecular weight excluding hydrogens is 301 g/mol. The van der Waals surface area contributed by atoms with E-state index >= 15 is 0 Å². The zero-order chi connectivity index (χ0) is 17.4. The minimum absolute atomic E-state index is 0.155. The van der Waals surface area contributed by atoms with Crippen LogP contribution in [0.15, 0.2) is 53.5 Å². The van der Waals surface area contributed by atoms with E-state index in [1.165, 1.54) is 0 Å². The molecule has 1 saturated heterocycles. The van der Waals surface area contributed by atoms with Crippen molar-refractivity contribution in [2.75, 3.05) is 0 Å². The summed E-state index contributed by atoms with van der Waals surface area (Å²) < 4.78 is 12.3. The van der Waals surface area contributed by atoms with E-state index in [-0.39, 0.29) is 17.0 Å². The van der Waals surface area contributed by atoms with Crippen molar-refractivity contribution in [2.45, 2.75) is 38.9 Å². The summed E-state index contributed by atoms with van der Waals surface area (Å²) in [5.74, 6) is 0.155. The molecule has 1 fully saturated rings. The van der Waals surface area contributed by atoms with Crippen LogP contribution in [0.2, 0.25) is 0 Å². The Morgan fingerprint density at radius 1 is 0.917 bits per heavy atom. The Labute approximate surface area is 143 Å². The number of hydrogen-bond donors (Lipinski definition) is 1. The molecule has 0 atom stereocenters. The summed E-state index contributed by atoms with van der Waals surface area (Å²) in [5.41, 5.74) is 1.58. The summed E-state index contributed by atoms with van der Waals surface area (Å²) in [5, 5.41) is 9.84. The molecule has 0 bridgehead atoms. The quantitative estimate of drug-likeness (QED) is 0.695. The molecule has 1 heterocycles. The molecule has 0 aliphatic carbocycles. The maximum Gasteiger partial charge on any atom is 0.495 e. The van der Waals surface area contributed by atoms with Gasteiger partial charge in [-0.2, -0.15) is 0 Å². The van der Waals surface area contributed by atoms with Crippen molar-refractivity contribution in [3.8, 4) is 5.75 Å². The number of para-hydroxylation sites is 2. The molecule has 2 aromatic carbocycles. The SMILES string of the molecule is CC1(C)OB(c2ccccc2C=Nc2ccccc2O)OC1(C)C. The standard InChI is InChI=1S/C19H22BNO3/c1-18(2)19(3,4)24-20(23-18)15-10-6-5-9-14(15)13-21-16-11-7-8-12-17(16)22/h5-13,22H,1-4H3. The number of aliphatic imine (C=N–C) groups is 1. The van der Waals surface area contributed by atoms with Crippen LogP contribution < -0.4 is 5.46 Å². The maximum atomic E-state index is 9.84. The van der Waals surface area contributed by atoms with E-state index in [1.54, 1.807) is 24.4 Å². The first-order valence-corrected chi connectivity index (χ1v) is 8.07. The van der Waals surface area contributed by atoms with Gasteiger partial charge in [0.15, 0.2) is 0 Å². The van der Waals surface area contributed by atoms with E-state index in [0.29, 0.717) is 5.69 Å². The van der Waals surface area contributed by atoms with E-state index in [2.05, 4.69) is 4.99 Å². The fourth-order valence-electron chi connectivity index (χ4n) is 2.53. The van der Waals surface area contributed by atoms with Crippen molar-refractivity contribution in [1.29, 1.82) is 0 Å². The summed E-state index contributed by atoms with van der Waals surface area (Å²) in [6.07, 6.45) is 1.73. The second kappa shape index (κ2) is 6.08.